The fourth-order valence-electron chi connectivity index (χ4n) is 2.78. The van der Waals surface area contributed by atoms with Crippen LogP contribution in [-0.4, -0.2) is 6.61 Å². The third-order valence-electron chi connectivity index (χ3n) is 4.32. The molecule has 24 heavy (non-hydrogen) atoms. The van der Waals surface area contributed by atoms with Crippen molar-refractivity contribution in [1.29, 1.82) is 0 Å². The highest BCUT2D eigenvalue weighted by molar-refractivity contribution is 6.32. The van der Waals surface area contributed by atoms with Gasteiger partial charge in [0.15, 0.2) is 0 Å². The summed E-state index contributed by atoms with van der Waals surface area (Å²) in [7, 11) is 0. The smallest absolute Gasteiger partial charge is 0.137 e. The second kappa shape index (κ2) is 10.4. The molecule has 2 heteroatoms. The van der Waals surface area contributed by atoms with E-state index in [-0.39, 0.29) is 0 Å². The molecule has 0 aliphatic rings. The van der Waals surface area contributed by atoms with Gasteiger partial charge in [-0.1, -0.05) is 92.9 Å². The average molecular weight is 345 g/mol. The summed E-state index contributed by atoms with van der Waals surface area (Å²) in [6.45, 7) is 5.09. The van der Waals surface area contributed by atoms with Crippen molar-refractivity contribution in [3.8, 4) is 16.9 Å². The summed E-state index contributed by atoms with van der Waals surface area (Å²) in [6, 6.07) is 14.5. The maximum atomic E-state index is 6.38. The third kappa shape index (κ3) is 6.20. The molecule has 0 aliphatic heterocycles. The number of unbranched alkanes of at least 4 members (excludes halogenated alkanes) is 6. The molecule has 0 aliphatic carbocycles. The van der Waals surface area contributed by atoms with E-state index in [1.807, 2.05) is 12.1 Å². The van der Waals surface area contributed by atoms with Crippen molar-refractivity contribution in [1.82, 2.24) is 0 Å². The molecule has 0 unspecified atom stereocenters. The largest absolute Gasteiger partial charge is 0.492 e. The molecule has 0 N–H and O–H groups in total. The van der Waals surface area contributed by atoms with E-state index < -0.39 is 0 Å². The Morgan fingerprint density at radius 2 is 1.42 bits per heavy atom. The number of ether oxygens (including phenoxy) is 1. The first kappa shape index (κ1) is 18.9. The predicted octanol–water partition coefficient (Wildman–Crippen LogP) is 7.44. The Hall–Kier alpha value is -1.47. The van der Waals surface area contributed by atoms with Crippen molar-refractivity contribution in [3.63, 3.8) is 0 Å². The maximum absolute atomic E-state index is 6.38. The van der Waals surface area contributed by atoms with Gasteiger partial charge in [-0.05, 0) is 36.6 Å². The van der Waals surface area contributed by atoms with E-state index in [0.29, 0.717) is 5.02 Å². The van der Waals surface area contributed by atoms with Crippen LogP contribution in [0.4, 0.5) is 0 Å². The van der Waals surface area contributed by atoms with E-state index >= 15 is 0 Å². The van der Waals surface area contributed by atoms with Crippen LogP contribution < -0.4 is 4.74 Å². The summed E-state index contributed by atoms with van der Waals surface area (Å²) in [5.41, 5.74) is 3.57. The number of aryl methyl sites for hydroxylation is 1. The van der Waals surface area contributed by atoms with Crippen molar-refractivity contribution < 1.29 is 4.74 Å². The quantitative estimate of drug-likeness (QED) is 0.407. The Kier molecular flexibility index (Phi) is 8.18. The molecular formula is C22H29ClO. The first-order chi connectivity index (χ1) is 11.7. The van der Waals surface area contributed by atoms with E-state index in [4.69, 9.17) is 16.3 Å². The van der Waals surface area contributed by atoms with Crippen LogP contribution in [0.1, 0.15) is 57.4 Å². The minimum Gasteiger partial charge on any atom is -0.492 e. The lowest BCUT2D eigenvalue weighted by atomic mass is 10.0. The molecule has 0 bridgehead atoms. The van der Waals surface area contributed by atoms with Crippen LogP contribution in [0.15, 0.2) is 42.5 Å². The first-order valence-electron chi connectivity index (χ1n) is 9.20. The van der Waals surface area contributed by atoms with E-state index in [2.05, 4.69) is 44.2 Å². The zero-order valence-corrected chi connectivity index (χ0v) is 15.7. The normalized spacial score (nSPS) is 10.8. The summed E-state index contributed by atoms with van der Waals surface area (Å²) in [6.07, 6.45) is 9.03. The maximum Gasteiger partial charge on any atom is 0.137 e. The van der Waals surface area contributed by atoms with Gasteiger partial charge in [0, 0.05) is 0 Å². The Balaban J connectivity index is 1.77. The summed E-state index contributed by atoms with van der Waals surface area (Å²) in [5, 5.41) is 0.691. The second-order valence-electron chi connectivity index (χ2n) is 6.48. The van der Waals surface area contributed by atoms with Gasteiger partial charge >= 0.3 is 0 Å². The van der Waals surface area contributed by atoms with Gasteiger partial charge in [-0.25, -0.2) is 0 Å². The first-order valence-corrected chi connectivity index (χ1v) is 9.58. The number of benzene rings is 2. The summed E-state index contributed by atoms with van der Waals surface area (Å²) >= 11 is 6.38. The van der Waals surface area contributed by atoms with Crippen molar-refractivity contribution in [2.24, 2.45) is 0 Å². The van der Waals surface area contributed by atoms with E-state index in [1.54, 1.807) is 0 Å². The molecule has 130 valence electrons. The molecule has 0 spiro atoms. The van der Waals surface area contributed by atoms with Crippen LogP contribution in [0.5, 0.6) is 5.75 Å². The second-order valence-corrected chi connectivity index (χ2v) is 6.89. The van der Waals surface area contributed by atoms with Gasteiger partial charge in [0.05, 0.1) is 11.6 Å². The molecule has 0 aromatic heterocycles. The Morgan fingerprint density at radius 3 is 2.08 bits per heavy atom. The topological polar surface area (TPSA) is 9.23 Å². The minimum atomic E-state index is 0.691. The molecule has 0 radical (unpaired) electrons. The zero-order chi connectivity index (χ0) is 17.2. The molecule has 0 heterocycles. The van der Waals surface area contributed by atoms with Crippen LogP contribution in [-0.2, 0) is 0 Å². The van der Waals surface area contributed by atoms with Crippen molar-refractivity contribution in [2.75, 3.05) is 6.61 Å². The average Bonchev–Trinajstić information content (AvgIpc) is 2.59. The van der Waals surface area contributed by atoms with Crippen molar-refractivity contribution >= 4 is 11.6 Å². The third-order valence-corrected chi connectivity index (χ3v) is 4.62. The van der Waals surface area contributed by atoms with Crippen LogP contribution >= 0.6 is 11.6 Å². The van der Waals surface area contributed by atoms with Crippen LogP contribution in [0, 0.1) is 6.92 Å². The predicted molar refractivity (Wildman–Crippen MR) is 105 cm³/mol. The molecular weight excluding hydrogens is 316 g/mol. The van der Waals surface area contributed by atoms with E-state index in [1.165, 1.54) is 49.7 Å². The molecule has 2 aromatic carbocycles. The van der Waals surface area contributed by atoms with Gasteiger partial charge in [-0.2, -0.15) is 0 Å². The Morgan fingerprint density at radius 1 is 0.792 bits per heavy atom. The molecule has 0 amide bonds. The highest BCUT2D eigenvalue weighted by Gasteiger charge is 2.05. The van der Waals surface area contributed by atoms with Gasteiger partial charge in [0.2, 0.25) is 0 Å². The molecule has 0 saturated carbocycles. The standard InChI is InChI=1S/C22H29ClO/c1-3-4-5-6-7-8-9-16-24-22-15-14-20(17-21(22)23)19-12-10-18(2)11-13-19/h10-15,17H,3-9,16H2,1-2H3. The van der Waals surface area contributed by atoms with Gasteiger partial charge in [-0.15, -0.1) is 0 Å². The van der Waals surface area contributed by atoms with E-state index in [0.717, 1.165) is 24.3 Å². The summed E-state index contributed by atoms with van der Waals surface area (Å²) < 4.78 is 5.84. The molecule has 0 saturated heterocycles. The molecule has 2 aromatic rings. The summed E-state index contributed by atoms with van der Waals surface area (Å²) in [5.74, 6) is 0.790. The highest BCUT2D eigenvalue weighted by Crippen LogP contribution is 2.30. The molecule has 0 fully saturated rings. The fraction of sp³-hybridized carbons (Fsp3) is 0.455. The van der Waals surface area contributed by atoms with Gasteiger partial charge in [0.25, 0.3) is 0 Å². The molecule has 1 nitrogen and oxygen atoms in total. The van der Waals surface area contributed by atoms with Crippen LogP contribution in [0.25, 0.3) is 11.1 Å². The lowest BCUT2D eigenvalue weighted by Gasteiger charge is -2.10. The van der Waals surface area contributed by atoms with Gasteiger partial charge in [0.1, 0.15) is 5.75 Å². The van der Waals surface area contributed by atoms with Crippen molar-refractivity contribution in [3.05, 3.63) is 53.1 Å². The Bertz CT molecular complexity index is 604. The molecule has 2 rings (SSSR count). The Labute approximate surface area is 152 Å². The number of rotatable bonds is 10. The monoisotopic (exact) mass is 344 g/mol. The number of halogens is 1. The number of hydrogen-bond donors (Lipinski definition) is 0. The lowest BCUT2D eigenvalue weighted by Crippen LogP contribution is -1.98. The van der Waals surface area contributed by atoms with Crippen LogP contribution in [0.2, 0.25) is 5.02 Å². The van der Waals surface area contributed by atoms with Gasteiger partial charge < -0.3 is 4.74 Å². The number of hydrogen-bond acceptors (Lipinski definition) is 1. The lowest BCUT2D eigenvalue weighted by molar-refractivity contribution is 0.304. The van der Waals surface area contributed by atoms with Gasteiger partial charge in [-0.3, -0.25) is 0 Å². The zero-order valence-electron chi connectivity index (χ0n) is 15.0. The fourth-order valence-corrected chi connectivity index (χ4v) is 3.02. The minimum absolute atomic E-state index is 0.691. The van der Waals surface area contributed by atoms with Crippen molar-refractivity contribution in [2.45, 2.75) is 58.8 Å². The highest BCUT2D eigenvalue weighted by atomic mass is 35.5. The van der Waals surface area contributed by atoms with Crippen LogP contribution in [0.3, 0.4) is 0 Å². The SMILES string of the molecule is CCCCCCCCCOc1ccc(-c2ccc(C)cc2)cc1Cl. The summed E-state index contributed by atoms with van der Waals surface area (Å²) in [4.78, 5) is 0. The molecule has 0 atom stereocenters. The van der Waals surface area contributed by atoms with E-state index in [9.17, 15) is 0 Å².